The Morgan fingerprint density at radius 2 is 2.00 bits per heavy atom. The number of likely N-dealkylation sites (N-methyl/N-ethyl adjacent to an activating group) is 1. The van der Waals surface area contributed by atoms with E-state index in [0.717, 1.165) is 28.6 Å². The topological polar surface area (TPSA) is 77.0 Å². The molecule has 4 heterocycles. The van der Waals surface area contributed by atoms with Crippen LogP contribution in [0.25, 0.3) is 0 Å². The molecule has 8 nitrogen and oxygen atoms in total. The molecule has 1 amide bonds. The van der Waals surface area contributed by atoms with E-state index in [4.69, 9.17) is 11.6 Å². The number of aliphatic imine (C=N–C) groups is 1. The molecule has 3 aliphatic rings. The molecular weight excluding hydrogens is 397 g/mol. The fourth-order valence-corrected chi connectivity index (χ4v) is 4.21. The van der Waals surface area contributed by atoms with E-state index in [1.165, 1.54) is 12.4 Å². The van der Waals surface area contributed by atoms with Gasteiger partial charge in [-0.2, -0.15) is 0 Å². The zero-order valence-corrected chi connectivity index (χ0v) is 16.6. The largest absolute Gasteiger partial charge is 0.353 e. The Hall–Kier alpha value is -2.78. The summed E-state index contributed by atoms with van der Waals surface area (Å²) in [6.45, 7) is 2.12. The van der Waals surface area contributed by atoms with E-state index < -0.39 is 5.82 Å². The van der Waals surface area contributed by atoms with Crippen LogP contribution in [0, 0.1) is 5.82 Å². The van der Waals surface area contributed by atoms with Crippen LogP contribution < -0.4 is 15.3 Å². The standard InChI is InChI=1S/C19H19ClFN7O/c1-26-7-11-4-15(21)14(20)6-16(11)28-19-13-5-12(22-2-3-23-17(29)9-26)8-27(28)18(13)24-10-25-19/h4,6,10H,2-3,5,7-9H2,1H3,(H,23,29). The van der Waals surface area contributed by atoms with Crippen LogP contribution in [0.3, 0.4) is 0 Å². The molecular formula is C19H19ClFN7O. The van der Waals surface area contributed by atoms with E-state index in [2.05, 4.69) is 20.3 Å². The Morgan fingerprint density at radius 1 is 1.17 bits per heavy atom. The van der Waals surface area contributed by atoms with Gasteiger partial charge in [0.25, 0.3) is 0 Å². The van der Waals surface area contributed by atoms with Gasteiger partial charge in [-0.05, 0) is 24.7 Å². The second-order valence-electron chi connectivity index (χ2n) is 7.41. The van der Waals surface area contributed by atoms with Gasteiger partial charge in [-0.15, -0.1) is 0 Å². The molecule has 0 saturated carbocycles. The smallest absolute Gasteiger partial charge is 0.234 e. The molecule has 3 aliphatic heterocycles. The number of hydrogen-bond donors (Lipinski definition) is 1. The quantitative estimate of drug-likeness (QED) is 0.705. The van der Waals surface area contributed by atoms with E-state index >= 15 is 0 Å². The third-order valence-electron chi connectivity index (χ3n) is 5.27. The van der Waals surface area contributed by atoms with Crippen LogP contribution >= 0.6 is 11.6 Å². The van der Waals surface area contributed by atoms with E-state index in [9.17, 15) is 9.18 Å². The monoisotopic (exact) mass is 415 g/mol. The fraction of sp³-hybridized carbons (Fsp3) is 0.368. The molecule has 5 bridgehead atoms. The van der Waals surface area contributed by atoms with Gasteiger partial charge in [0.2, 0.25) is 5.91 Å². The van der Waals surface area contributed by atoms with Crippen molar-refractivity contribution in [2.24, 2.45) is 4.99 Å². The predicted molar refractivity (Wildman–Crippen MR) is 108 cm³/mol. The summed E-state index contributed by atoms with van der Waals surface area (Å²) in [4.78, 5) is 27.6. The number of halogens is 2. The van der Waals surface area contributed by atoms with Gasteiger partial charge in [0.05, 0.1) is 30.3 Å². The third-order valence-corrected chi connectivity index (χ3v) is 5.56. The average Bonchev–Trinajstić information content (AvgIpc) is 2.82. The molecule has 1 N–H and O–H groups in total. The van der Waals surface area contributed by atoms with E-state index in [1.54, 1.807) is 6.07 Å². The van der Waals surface area contributed by atoms with Crippen LogP contribution in [0.15, 0.2) is 23.5 Å². The summed E-state index contributed by atoms with van der Waals surface area (Å²) in [5.74, 6) is 1.02. The number of benzene rings is 1. The Kier molecular flexibility index (Phi) is 4.36. The summed E-state index contributed by atoms with van der Waals surface area (Å²) in [5.41, 5.74) is 3.42. The number of aromatic nitrogens is 2. The Labute approximate surface area is 172 Å². The van der Waals surface area contributed by atoms with Crippen LogP contribution in [0.5, 0.6) is 0 Å². The van der Waals surface area contributed by atoms with Crippen molar-refractivity contribution in [3.8, 4) is 0 Å². The first-order chi connectivity index (χ1) is 14.0. The lowest BCUT2D eigenvalue weighted by molar-refractivity contribution is -0.122. The fourth-order valence-electron chi connectivity index (χ4n) is 4.05. The van der Waals surface area contributed by atoms with Crippen LogP contribution in [0.1, 0.15) is 11.1 Å². The number of hydrazine groups is 1. The average molecular weight is 416 g/mol. The maximum absolute atomic E-state index is 14.3. The number of rotatable bonds is 0. The number of hydrogen-bond acceptors (Lipinski definition) is 7. The van der Waals surface area contributed by atoms with Gasteiger partial charge in [0.1, 0.15) is 12.1 Å². The molecule has 0 unspecified atom stereocenters. The summed E-state index contributed by atoms with van der Waals surface area (Å²) in [7, 11) is 1.82. The molecule has 0 radical (unpaired) electrons. The second kappa shape index (κ2) is 6.93. The first-order valence-electron chi connectivity index (χ1n) is 9.38. The van der Waals surface area contributed by atoms with Crippen molar-refractivity contribution < 1.29 is 9.18 Å². The maximum Gasteiger partial charge on any atom is 0.234 e. The number of nitrogens with zero attached hydrogens (tertiary/aromatic N) is 6. The summed E-state index contributed by atoms with van der Waals surface area (Å²) in [6, 6.07) is 3.04. The number of fused-ring (bicyclic) bond motifs is 4. The molecule has 0 saturated heterocycles. The molecule has 0 atom stereocenters. The minimum atomic E-state index is -0.495. The van der Waals surface area contributed by atoms with Gasteiger partial charge in [0, 0.05) is 30.8 Å². The van der Waals surface area contributed by atoms with Gasteiger partial charge in [-0.3, -0.25) is 19.7 Å². The van der Waals surface area contributed by atoms with Crippen molar-refractivity contribution in [2.75, 3.05) is 43.2 Å². The highest BCUT2D eigenvalue weighted by Gasteiger charge is 2.40. The van der Waals surface area contributed by atoms with Gasteiger partial charge in [-0.25, -0.2) is 19.4 Å². The van der Waals surface area contributed by atoms with Crippen molar-refractivity contribution in [2.45, 2.75) is 13.0 Å². The summed E-state index contributed by atoms with van der Waals surface area (Å²) >= 11 is 6.15. The first kappa shape index (κ1) is 18.3. The molecule has 5 rings (SSSR count). The molecule has 10 heteroatoms. The normalized spacial score (nSPS) is 19.0. The third kappa shape index (κ3) is 3.10. The van der Waals surface area contributed by atoms with E-state index in [1.807, 2.05) is 22.0 Å². The summed E-state index contributed by atoms with van der Waals surface area (Å²) in [5, 5.41) is 6.87. The minimum absolute atomic E-state index is 0.0351. The highest BCUT2D eigenvalue weighted by Crippen LogP contribution is 2.45. The van der Waals surface area contributed by atoms with Crippen molar-refractivity contribution in [1.29, 1.82) is 0 Å². The SMILES string of the molecule is CN1CC(=O)NCCN=C2Cc3c4ncnc3N(c3cc(Cl)c(F)cc3C1)N4C2. The number of amides is 1. The van der Waals surface area contributed by atoms with Crippen molar-refractivity contribution in [3.63, 3.8) is 0 Å². The van der Waals surface area contributed by atoms with Gasteiger partial charge in [0.15, 0.2) is 11.6 Å². The van der Waals surface area contributed by atoms with Crippen LogP contribution in [-0.2, 0) is 17.8 Å². The highest BCUT2D eigenvalue weighted by atomic mass is 35.5. The van der Waals surface area contributed by atoms with E-state index in [-0.39, 0.29) is 17.5 Å². The van der Waals surface area contributed by atoms with Crippen molar-refractivity contribution in [1.82, 2.24) is 20.2 Å². The Bertz CT molecular complexity index is 1040. The summed E-state index contributed by atoms with van der Waals surface area (Å²) in [6.07, 6.45) is 2.19. The van der Waals surface area contributed by atoms with Gasteiger partial charge in [-0.1, -0.05) is 11.6 Å². The molecule has 29 heavy (non-hydrogen) atoms. The van der Waals surface area contributed by atoms with E-state index in [0.29, 0.717) is 38.2 Å². The minimum Gasteiger partial charge on any atom is -0.353 e. The lowest BCUT2D eigenvalue weighted by atomic mass is 10.1. The summed E-state index contributed by atoms with van der Waals surface area (Å²) < 4.78 is 14.3. The lowest BCUT2D eigenvalue weighted by Crippen LogP contribution is -2.43. The number of carbonyl (C=O) groups is 1. The maximum atomic E-state index is 14.3. The molecule has 150 valence electrons. The Morgan fingerprint density at radius 3 is 2.86 bits per heavy atom. The molecule has 2 aromatic rings. The van der Waals surface area contributed by atoms with Crippen molar-refractivity contribution in [3.05, 3.63) is 40.4 Å². The molecule has 1 aromatic carbocycles. The number of nitrogens with one attached hydrogen (secondary N) is 1. The predicted octanol–water partition coefficient (Wildman–Crippen LogP) is 1.70. The molecule has 0 aliphatic carbocycles. The molecule has 0 spiro atoms. The highest BCUT2D eigenvalue weighted by molar-refractivity contribution is 6.31. The molecule has 1 aromatic heterocycles. The molecule has 0 fully saturated rings. The number of anilines is 3. The van der Waals surface area contributed by atoms with Gasteiger partial charge >= 0.3 is 0 Å². The number of carbonyl (C=O) groups excluding carboxylic acids is 1. The van der Waals surface area contributed by atoms with Gasteiger partial charge < -0.3 is 5.32 Å². The van der Waals surface area contributed by atoms with Crippen LogP contribution in [0.4, 0.5) is 21.7 Å². The first-order valence-corrected chi connectivity index (χ1v) is 9.76. The van der Waals surface area contributed by atoms with Crippen molar-refractivity contribution >= 4 is 40.5 Å². The van der Waals surface area contributed by atoms with Crippen LogP contribution in [-0.4, -0.2) is 59.7 Å². The zero-order chi connectivity index (χ0) is 20.1. The van der Waals surface area contributed by atoms with Crippen LogP contribution in [0.2, 0.25) is 5.02 Å². The lowest BCUT2D eigenvalue weighted by Gasteiger charge is -2.33. The Balaban J connectivity index is 1.66. The second-order valence-corrected chi connectivity index (χ2v) is 7.82. The zero-order valence-electron chi connectivity index (χ0n) is 15.8.